The SMILES string of the molecule is C=Cc1ncc(-c2c(C(F)F)ccc(Cl)c2F)nc1C(=O)Nc1cnn(Cc2cc(C)c(N3C[C@H]4C[C@H]4C3=O)nn2)c1. The van der Waals surface area contributed by atoms with Crippen LogP contribution in [0.15, 0.2) is 43.4 Å². The van der Waals surface area contributed by atoms with Crippen LogP contribution in [0.3, 0.4) is 0 Å². The molecule has 2 fully saturated rings. The number of carbonyl (C=O) groups is 2. The van der Waals surface area contributed by atoms with Crippen LogP contribution in [-0.4, -0.2) is 48.3 Å². The fourth-order valence-electron chi connectivity index (χ4n) is 5.06. The minimum Gasteiger partial charge on any atom is -0.318 e. The van der Waals surface area contributed by atoms with E-state index in [1.165, 1.54) is 17.0 Å². The van der Waals surface area contributed by atoms with Crippen molar-refractivity contribution in [1.82, 2.24) is 29.9 Å². The van der Waals surface area contributed by atoms with Gasteiger partial charge in [-0.05, 0) is 43.0 Å². The first kappa shape index (κ1) is 27.5. The minimum absolute atomic E-state index is 0.0595. The first-order valence-corrected chi connectivity index (χ1v) is 13.3. The zero-order chi connectivity index (χ0) is 29.7. The van der Waals surface area contributed by atoms with E-state index in [0.29, 0.717) is 29.7 Å². The zero-order valence-corrected chi connectivity index (χ0v) is 22.8. The molecule has 1 aliphatic heterocycles. The quantitative estimate of drug-likeness (QED) is 0.302. The van der Waals surface area contributed by atoms with Gasteiger partial charge in [-0.25, -0.2) is 18.2 Å². The summed E-state index contributed by atoms with van der Waals surface area (Å²) in [5.74, 6) is -0.650. The highest BCUT2D eigenvalue weighted by Gasteiger charge is 2.53. The number of alkyl halides is 2. The van der Waals surface area contributed by atoms with Gasteiger partial charge in [-0.1, -0.05) is 24.2 Å². The maximum absolute atomic E-state index is 14.8. The predicted octanol–water partition coefficient (Wildman–Crippen LogP) is 5.09. The molecule has 3 aromatic heterocycles. The van der Waals surface area contributed by atoms with Crippen LogP contribution in [0.4, 0.5) is 24.7 Å². The first-order valence-electron chi connectivity index (χ1n) is 12.9. The molecule has 1 aliphatic carbocycles. The molecule has 4 heterocycles. The zero-order valence-electron chi connectivity index (χ0n) is 22.1. The van der Waals surface area contributed by atoms with Crippen LogP contribution in [0.25, 0.3) is 17.3 Å². The average Bonchev–Trinajstić information content (AvgIpc) is 3.49. The molecule has 2 amide bonds. The smallest absolute Gasteiger partial charge is 0.276 e. The monoisotopic (exact) mass is 594 g/mol. The summed E-state index contributed by atoms with van der Waals surface area (Å²) in [7, 11) is 0. The molecule has 1 aromatic carbocycles. The normalized spacial score (nSPS) is 17.5. The first-order chi connectivity index (χ1) is 20.1. The van der Waals surface area contributed by atoms with Gasteiger partial charge in [0.1, 0.15) is 0 Å². The summed E-state index contributed by atoms with van der Waals surface area (Å²) in [6.07, 6.45) is 3.22. The Hall–Kier alpha value is -4.65. The van der Waals surface area contributed by atoms with E-state index in [0.717, 1.165) is 30.3 Å². The van der Waals surface area contributed by atoms with E-state index in [9.17, 15) is 22.8 Å². The number of fused-ring (bicyclic) bond motifs is 1. The molecular weight excluding hydrogens is 573 g/mol. The van der Waals surface area contributed by atoms with E-state index < -0.39 is 29.3 Å². The molecule has 42 heavy (non-hydrogen) atoms. The van der Waals surface area contributed by atoms with Crippen LogP contribution in [0.2, 0.25) is 5.02 Å². The Morgan fingerprint density at radius 3 is 2.79 bits per heavy atom. The third-order valence-electron chi connectivity index (χ3n) is 7.23. The number of hydrogen-bond donors (Lipinski definition) is 1. The number of nitrogens with zero attached hydrogens (tertiary/aromatic N) is 7. The summed E-state index contributed by atoms with van der Waals surface area (Å²) in [6.45, 7) is 6.38. The summed E-state index contributed by atoms with van der Waals surface area (Å²) < 4.78 is 43.6. The molecule has 1 saturated heterocycles. The van der Waals surface area contributed by atoms with Gasteiger partial charge < -0.3 is 5.32 Å². The van der Waals surface area contributed by atoms with Gasteiger partial charge in [0, 0.05) is 29.8 Å². The highest BCUT2D eigenvalue weighted by Crippen LogP contribution is 2.47. The van der Waals surface area contributed by atoms with E-state index in [4.69, 9.17) is 11.6 Å². The molecule has 0 bridgehead atoms. The molecule has 10 nitrogen and oxygen atoms in total. The van der Waals surface area contributed by atoms with Crippen molar-refractivity contribution < 1.29 is 22.8 Å². The molecule has 0 spiro atoms. The summed E-state index contributed by atoms with van der Waals surface area (Å²) in [5.41, 5.74) is 0.0348. The lowest BCUT2D eigenvalue weighted by atomic mass is 10.0. The molecule has 2 aliphatic rings. The fourth-order valence-corrected chi connectivity index (χ4v) is 5.22. The standard InChI is InChI=1S/C28H22ClF3N8O2/c1-3-20-24(36-21(9-33-20)22-17(25(31)32)4-5-19(29)23(22)30)27(41)35-16-8-34-39(12-16)11-15-6-13(2)26(38-37-15)40-10-14-7-18(14)28(40)42/h3-6,8-9,12,14,18,25H,1,7,10-11H2,2H3,(H,35,41)/t14-,18-/m1/s1. The Labute approximate surface area is 242 Å². The summed E-state index contributed by atoms with van der Waals surface area (Å²) >= 11 is 5.83. The van der Waals surface area contributed by atoms with Gasteiger partial charge in [0.25, 0.3) is 12.3 Å². The number of rotatable bonds is 8. The van der Waals surface area contributed by atoms with Crippen molar-refractivity contribution in [1.29, 1.82) is 0 Å². The van der Waals surface area contributed by atoms with Gasteiger partial charge in [0.05, 0.1) is 46.7 Å². The number of aromatic nitrogens is 6. The molecule has 0 unspecified atom stereocenters. The summed E-state index contributed by atoms with van der Waals surface area (Å²) in [4.78, 5) is 35.5. The van der Waals surface area contributed by atoms with Gasteiger partial charge >= 0.3 is 0 Å². The Morgan fingerprint density at radius 1 is 1.29 bits per heavy atom. The number of anilines is 2. The van der Waals surface area contributed by atoms with Crippen LogP contribution >= 0.6 is 11.6 Å². The van der Waals surface area contributed by atoms with Crippen molar-refractivity contribution in [2.45, 2.75) is 26.3 Å². The van der Waals surface area contributed by atoms with E-state index in [1.54, 1.807) is 11.1 Å². The second kappa shape index (κ2) is 10.6. The fraction of sp³-hybridized carbons (Fsp3) is 0.250. The lowest BCUT2D eigenvalue weighted by molar-refractivity contribution is -0.118. The van der Waals surface area contributed by atoms with Gasteiger partial charge in [0.15, 0.2) is 17.3 Å². The second-order valence-electron chi connectivity index (χ2n) is 10.1. The van der Waals surface area contributed by atoms with Crippen LogP contribution in [0.1, 0.15) is 45.8 Å². The number of carbonyl (C=O) groups excluding carboxylic acids is 2. The van der Waals surface area contributed by atoms with Crippen molar-refractivity contribution in [2.75, 3.05) is 16.8 Å². The molecule has 1 saturated carbocycles. The molecule has 6 rings (SSSR count). The van der Waals surface area contributed by atoms with E-state index in [-0.39, 0.29) is 40.5 Å². The number of benzene rings is 1. The molecule has 2 atom stereocenters. The van der Waals surface area contributed by atoms with Crippen LogP contribution < -0.4 is 10.2 Å². The van der Waals surface area contributed by atoms with Crippen LogP contribution in [0.5, 0.6) is 0 Å². The third-order valence-corrected chi connectivity index (χ3v) is 7.52. The van der Waals surface area contributed by atoms with Gasteiger partial charge in [-0.15, -0.1) is 5.10 Å². The molecule has 214 valence electrons. The van der Waals surface area contributed by atoms with Crippen molar-refractivity contribution in [3.05, 3.63) is 82.4 Å². The van der Waals surface area contributed by atoms with E-state index >= 15 is 0 Å². The van der Waals surface area contributed by atoms with Crippen molar-refractivity contribution in [3.63, 3.8) is 0 Å². The van der Waals surface area contributed by atoms with E-state index in [1.807, 2.05) is 13.0 Å². The largest absolute Gasteiger partial charge is 0.318 e. The maximum atomic E-state index is 14.8. The number of piperidine rings is 1. The Kier molecular flexibility index (Phi) is 6.97. The predicted molar refractivity (Wildman–Crippen MR) is 147 cm³/mol. The molecular formula is C28H22ClF3N8O2. The van der Waals surface area contributed by atoms with E-state index in [2.05, 4.69) is 37.2 Å². The van der Waals surface area contributed by atoms with Crippen molar-refractivity contribution in [3.8, 4) is 11.3 Å². The third kappa shape index (κ3) is 5.00. The number of amides is 2. The molecule has 4 aromatic rings. The molecule has 1 N–H and O–H groups in total. The van der Waals surface area contributed by atoms with Crippen LogP contribution in [0, 0.1) is 24.6 Å². The average molecular weight is 595 g/mol. The number of aryl methyl sites for hydroxylation is 1. The lowest BCUT2D eigenvalue weighted by Crippen LogP contribution is -2.30. The Morgan fingerprint density at radius 2 is 2.10 bits per heavy atom. The maximum Gasteiger partial charge on any atom is 0.276 e. The number of halogens is 4. The topological polar surface area (TPSA) is 119 Å². The Bertz CT molecular complexity index is 1760. The van der Waals surface area contributed by atoms with Crippen molar-refractivity contribution >= 4 is 41.0 Å². The lowest BCUT2D eigenvalue weighted by Gasteiger charge is -2.18. The summed E-state index contributed by atoms with van der Waals surface area (Å²) in [5, 5.41) is 15.0. The van der Waals surface area contributed by atoms with Gasteiger partial charge in [-0.3, -0.25) is 24.2 Å². The van der Waals surface area contributed by atoms with Crippen molar-refractivity contribution in [2.24, 2.45) is 11.8 Å². The van der Waals surface area contributed by atoms with Crippen LogP contribution in [-0.2, 0) is 11.3 Å². The van der Waals surface area contributed by atoms with Gasteiger partial charge in [-0.2, -0.15) is 10.2 Å². The van der Waals surface area contributed by atoms with Gasteiger partial charge in [0.2, 0.25) is 5.91 Å². The number of nitrogens with one attached hydrogen (secondary N) is 1. The second-order valence-corrected chi connectivity index (χ2v) is 10.5. The summed E-state index contributed by atoms with van der Waals surface area (Å²) in [6, 6.07) is 3.85. The Balaban J connectivity index is 1.20. The highest BCUT2D eigenvalue weighted by atomic mass is 35.5. The minimum atomic E-state index is -3.02. The molecule has 0 radical (unpaired) electrons. The highest BCUT2D eigenvalue weighted by molar-refractivity contribution is 6.31. The molecule has 14 heteroatoms. The number of hydrogen-bond acceptors (Lipinski definition) is 7.